The highest BCUT2D eigenvalue weighted by Gasteiger charge is 2.27. The van der Waals surface area contributed by atoms with Crippen LogP contribution in [0.1, 0.15) is 11.1 Å². The van der Waals surface area contributed by atoms with Crippen LogP contribution in [-0.4, -0.2) is 36.0 Å². The zero-order chi connectivity index (χ0) is 13.7. The van der Waals surface area contributed by atoms with Crippen molar-refractivity contribution in [3.05, 3.63) is 35.4 Å². The molecule has 1 aromatic rings. The van der Waals surface area contributed by atoms with Crippen molar-refractivity contribution in [2.75, 3.05) is 14.1 Å². The summed E-state index contributed by atoms with van der Waals surface area (Å²) in [5, 5.41) is 17.7. The summed E-state index contributed by atoms with van der Waals surface area (Å²) in [5.74, 6) is -2.67. The van der Waals surface area contributed by atoms with Crippen molar-refractivity contribution >= 4 is 11.9 Å². The van der Waals surface area contributed by atoms with Crippen LogP contribution in [-0.2, 0) is 16.0 Å². The van der Waals surface area contributed by atoms with E-state index in [2.05, 4.69) is 0 Å². The van der Waals surface area contributed by atoms with Crippen LogP contribution >= 0.6 is 0 Å². The summed E-state index contributed by atoms with van der Waals surface area (Å²) in [6, 6.07) is 8.52. The van der Waals surface area contributed by atoms with E-state index >= 15 is 0 Å². The van der Waals surface area contributed by atoms with Gasteiger partial charge in [0, 0.05) is 14.1 Å². The molecule has 0 aromatic heterocycles. The van der Waals surface area contributed by atoms with Gasteiger partial charge >= 0.3 is 5.97 Å². The largest absolute Gasteiger partial charge is 0.481 e. The Kier molecular flexibility index (Phi) is 4.44. The van der Waals surface area contributed by atoms with Gasteiger partial charge in [-0.1, -0.05) is 12.1 Å². The molecule has 1 rings (SSSR count). The minimum atomic E-state index is -1.14. The average Bonchev–Trinajstić information content (AvgIpc) is 2.35. The molecule has 1 N–H and O–H groups in total. The summed E-state index contributed by atoms with van der Waals surface area (Å²) < 4.78 is 0. The summed E-state index contributed by atoms with van der Waals surface area (Å²) in [7, 11) is 3.05. The Morgan fingerprint density at radius 1 is 1.33 bits per heavy atom. The van der Waals surface area contributed by atoms with Crippen molar-refractivity contribution in [2.45, 2.75) is 6.42 Å². The van der Waals surface area contributed by atoms with Crippen LogP contribution in [0.25, 0.3) is 0 Å². The molecule has 5 heteroatoms. The first-order valence-electron chi connectivity index (χ1n) is 5.38. The topological polar surface area (TPSA) is 81.4 Å². The second-order valence-electron chi connectivity index (χ2n) is 4.14. The highest BCUT2D eigenvalue weighted by atomic mass is 16.4. The highest BCUT2D eigenvalue weighted by Crippen LogP contribution is 2.12. The second kappa shape index (κ2) is 5.82. The van der Waals surface area contributed by atoms with Crippen LogP contribution in [0.3, 0.4) is 0 Å². The zero-order valence-electron chi connectivity index (χ0n) is 10.3. The Morgan fingerprint density at radius 2 is 1.89 bits per heavy atom. The third kappa shape index (κ3) is 3.32. The fraction of sp³-hybridized carbons (Fsp3) is 0.308. The molecule has 0 radical (unpaired) electrons. The van der Waals surface area contributed by atoms with Gasteiger partial charge in [-0.25, -0.2) is 0 Å². The fourth-order valence-corrected chi connectivity index (χ4v) is 1.54. The summed E-state index contributed by atoms with van der Waals surface area (Å²) >= 11 is 0. The van der Waals surface area contributed by atoms with Gasteiger partial charge in [0.15, 0.2) is 0 Å². The Labute approximate surface area is 105 Å². The molecule has 0 bridgehead atoms. The molecule has 0 aliphatic heterocycles. The molecule has 0 unspecified atom stereocenters. The van der Waals surface area contributed by atoms with Crippen LogP contribution in [0.15, 0.2) is 24.3 Å². The Morgan fingerprint density at radius 3 is 2.28 bits per heavy atom. The lowest BCUT2D eigenvalue weighted by Crippen LogP contribution is -2.35. The number of hydrogen-bond donors (Lipinski definition) is 1. The fourth-order valence-electron chi connectivity index (χ4n) is 1.54. The molecule has 1 aromatic carbocycles. The molecule has 94 valence electrons. The maximum Gasteiger partial charge on any atom is 0.316 e. The number of rotatable bonds is 4. The van der Waals surface area contributed by atoms with Crippen molar-refractivity contribution in [3.8, 4) is 6.07 Å². The lowest BCUT2D eigenvalue weighted by atomic mass is 9.97. The number of nitrogens with zero attached hydrogens (tertiary/aromatic N) is 2. The van der Waals surface area contributed by atoms with Crippen LogP contribution in [0.5, 0.6) is 0 Å². The number of nitriles is 1. The first-order chi connectivity index (χ1) is 8.45. The van der Waals surface area contributed by atoms with E-state index < -0.39 is 17.8 Å². The van der Waals surface area contributed by atoms with Gasteiger partial charge in [-0.3, -0.25) is 9.59 Å². The lowest BCUT2D eigenvalue weighted by Gasteiger charge is -2.17. The standard InChI is InChI=1S/C13H14N2O3/c1-15(2)12(16)11(13(17)18)7-9-3-5-10(8-14)6-4-9/h3-6,11H,7H2,1-2H3,(H,17,18)/t11-/m1/s1. The van der Waals surface area contributed by atoms with Crippen molar-refractivity contribution in [1.29, 1.82) is 5.26 Å². The van der Waals surface area contributed by atoms with E-state index in [0.29, 0.717) is 5.56 Å². The number of carboxylic acids is 1. The van der Waals surface area contributed by atoms with Gasteiger partial charge in [0.1, 0.15) is 5.92 Å². The second-order valence-corrected chi connectivity index (χ2v) is 4.14. The van der Waals surface area contributed by atoms with Gasteiger partial charge in [0.2, 0.25) is 5.91 Å². The van der Waals surface area contributed by atoms with Crippen molar-refractivity contribution < 1.29 is 14.7 Å². The maximum atomic E-state index is 11.7. The molecule has 0 saturated heterocycles. The molecule has 1 atom stereocenters. The summed E-state index contributed by atoms with van der Waals surface area (Å²) in [4.78, 5) is 24.0. The van der Waals surface area contributed by atoms with Crippen molar-refractivity contribution in [1.82, 2.24) is 4.90 Å². The van der Waals surface area contributed by atoms with Gasteiger partial charge in [0.05, 0.1) is 11.6 Å². The van der Waals surface area contributed by atoms with E-state index in [4.69, 9.17) is 10.4 Å². The zero-order valence-corrected chi connectivity index (χ0v) is 10.3. The smallest absolute Gasteiger partial charge is 0.316 e. The number of hydrogen-bond acceptors (Lipinski definition) is 3. The molecule has 0 aliphatic carbocycles. The van der Waals surface area contributed by atoms with Crippen LogP contribution < -0.4 is 0 Å². The number of carboxylic acid groups (broad SMARTS) is 1. The summed E-state index contributed by atoms with van der Waals surface area (Å²) in [6.07, 6.45) is 0.123. The van der Waals surface area contributed by atoms with E-state index in [-0.39, 0.29) is 6.42 Å². The molecule has 0 spiro atoms. The monoisotopic (exact) mass is 246 g/mol. The Hall–Kier alpha value is -2.35. The Balaban J connectivity index is 2.87. The number of aliphatic carboxylic acids is 1. The van der Waals surface area contributed by atoms with Gasteiger partial charge in [-0.15, -0.1) is 0 Å². The van der Waals surface area contributed by atoms with E-state index in [1.165, 1.54) is 19.0 Å². The normalized spacial score (nSPS) is 11.4. The van der Waals surface area contributed by atoms with Gasteiger partial charge in [-0.05, 0) is 24.1 Å². The van der Waals surface area contributed by atoms with Gasteiger partial charge in [-0.2, -0.15) is 5.26 Å². The van der Waals surface area contributed by atoms with E-state index in [1.807, 2.05) is 6.07 Å². The first kappa shape index (κ1) is 13.7. The molecule has 0 saturated carbocycles. The molecule has 0 heterocycles. The average molecular weight is 246 g/mol. The highest BCUT2D eigenvalue weighted by molar-refractivity contribution is 5.97. The van der Waals surface area contributed by atoms with Crippen LogP contribution in [0, 0.1) is 17.2 Å². The molecule has 0 fully saturated rings. The van der Waals surface area contributed by atoms with E-state index in [0.717, 1.165) is 5.56 Å². The number of carbonyl (C=O) groups excluding carboxylic acids is 1. The van der Waals surface area contributed by atoms with Crippen molar-refractivity contribution in [3.63, 3.8) is 0 Å². The van der Waals surface area contributed by atoms with Crippen LogP contribution in [0.2, 0.25) is 0 Å². The predicted octanol–water partition coefficient (Wildman–Crippen LogP) is 0.890. The first-order valence-corrected chi connectivity index (χ1v) is 5.38. The summed E-state index contributed by atoms with van der Waals surface area (Å²) in [6.45, 7) is 0. The molecule has 5 nitrogen and oxygen atoms in total. The molecule has 0 aliphatic rings. The number of carbonyl (C=O) groups is 2. The predicted molar refractivity (Wildman–Crippen MR) is 64.7 cm³/mol. The molecule has 18 heavy (non-hydrogen) atoms. The van der Waals surface area contributed by atoms with E-state index in [9.17, 15) is 9.59 Å². The van der Waals surface area contributed by atoms with Gasteiger partial charge < -0.3 is 10.0 Å². The SMILES string of the molecule is CN(C)C(=O)[C@@H](Cc1ccc(C#N)cc1)C(=O)O. The van der Waals surface area contributed by atoms with E-state index in [1.54, 1.807) is 24.3 Å². The number of benzene rings is 1. The van der Waals surface area contributed by atoms with Gasteiger partial charge in [0.25, 0.3) is 0 Å². The lowest BCUT2D eigenvalue weighted by molar-refractivity contribution is -0.150. The minimum Gasteiger partial charge on any atom is -0.481 e. The van der Waals surface area contributed by atoms with Crippen LogP contribution in [0.4, 0.5) is 0 Å². The van der Waals surface area contributed by atoms with Crippen molar-refractivity contribution in [2.24, 2.45) is 5.92 Å². The minimum absolute atomic E-state index is 0.123. The molecular weight excluding hydrogens is 232 g/mol. The Bertz CT molecular complexity index is 486. The molecular formula is C13H14N2O3. The third-order valence-electron chi connectivity index (χ3n) is 2.56. The third-order valence-corrected chi connectivity index (χ3v) is 2.56. The molecule has 1 amide bonds. The maximum absolute atomic E-state index is 11.7. The number of amides is 1. The quantitative estimate of drug-likeness (QED) is 0.800. The summed E-state index contributed by atoms with van der Waals surface area (Å²) in [5.41, 5.74) is 1.22.